The first-order valence-electron chi connectivity index (χ1n) is 2.88. The molecule has 3 N–H and O–H groups in total. The van der Waals surface area contributed by atoms with Crippen molar-refractivity contribution in [3.63, 3.8) is 0 Å². The van der Waals surface area contributed by atoms with Crippen molar-refractivity contribution in [2.45, 2.75) is 6.42 Å². The highest BCUT2D eigenvalue weighted by atomic mass is 16.4. The predicted molar refractivity (Wildman–Crippen MR) is 34.6 cm³/mol. The molecule has 0 saturated carbocycles. The maximum atomic E-state index is 9.83. The third-order valence-corrected chi connectivity index (χ3v) is 0.880. The molecule has 0 rings (SSSR count). The zero-order valence-corrected chi connectivity index (χ0v) is 5.48. The second-order valence-corrected chi connectivity index (χ2v) is 1.69. The van der Waals surface area contributed by atoms with Crippen LogP contribution in [0.4, 0.5) is 4.79 Å². The van der Waals surface area contributed by atoms with Crippen molar-refractivity contribution in [1.82, 2.24) is 10.6 Å². The zero-order chi connectivity index (χ0) is 7.11. The van der Waals surface area contributed by atoms with E-state index in [9.17, 15) is 4.79 Å². The maximum Gasteiger partial charge on any atom is 0.404 e. The molecule has 0 aromatic heterocycles. The lowest BCUT2D eigenvalue weighted by Crippen LogP contribution is -2.24. The molecule has 1 amide bonds. The van der Waals surface area contributed by atoms with Gasteiger partial charge in [-0.2, -0.15) is 0 Å². The van der Waals surface area contributed by atoms with Gasteiger partial charge in [-0.25, -0.2) is 4.79 Å². The van der Waals surface area contributed by atoms with Gasteiger partial charge in [0.05, 0.1) is 0 Å². The molecule has 4 nitrogen and oxygen atoms in total. The van der Waals surface area contributed by atoms with Crippen molar-refractivity contribution in [2.75, 3.05) is 20.1 Å². The summed E-state index contributed by atoms with van der Waals surface area (Å²) in [5, 5.41) is 13.2. The molecule has 0 heterocycles. The molecule has 0 saturated heterocycles. The lowest BCUT2D eigenvalue weighted by atomic mass is 10.4. The van der Waals surface area contributed by atoms with Crippen LogP contribution >= 0.6 is 0 Å². The van der Waals surface area contributed by atoms with Gasteiger partial charge in [0.1, 0.15) is 0 Å². The topological polar surface area (TPSA) is 61.4 Å². The van der Waals surface area contributed by atoms with E-state index in [-0.39, 0.29) is 0 Å². The molecule has 54 valence electrons. The van der Waals surface area contributed by atoms with Crippen molar-refractivity contribution in [3.05, 3.63) is 0 Å². The second-order valence-electron chi connectivity index (χ2n) is 1.69. The summed E-state index contributed by atoms with van der Waals surface area (Å²) in [4.78, 5) is 9.83. The third kappa shape index (κ3) is 7.23. The van der Waals surface area contributed by atoms with E-state index < -0.39 is 6.09 Å². The molecule has 0 atom stereocenters. The molecule has 0 aliphatic heterocycles. The Morgan fingerprint density at radius 3 is 2.67 bits per heavy atom. The Labute approximate surface area is 54.3 Å². The van der Waals surface area contributed by atoms with Gasteiger partial charge in [-0.15, -0.1) is 0 Å². The highest BCUT2D eigenvalue weighted by Crippen LogP contribution is 1.70. The first-order chi connectivity index (χ1) is 4.27. The van der Waals surface area contributed by atoms with Crippen LogP contribution in [0.3, 0.4) is 0 Å². The lowest BCUT2D eigenvalue weighted by molar-refractivity contribution is 0.194. The molecule has 0 spiro atoms. The molecular formula is C5H12N2O2. The minimum Gasteiger partial charge on any atom is -0.465 e. The average Bonchev–Trinajstić information content (AvgIpc) is 1.80. The highest BCUT2D eigenvalue weighted by molar-refractivity contribution is 5.64. The minimum absolute atomic E-state index is 0.524. The van der Waals surface area contributed by atoms with Gasteiger partial charge in [0, 0.05) is 6.54 Å². The molecule has 0 aliphatic carbocycles. The van der Waals surface area contributed by atoms with Crippen LogP contribution < -0.4 is 10.6 Å². The van der Waals surface area contributed by atoms with Gasteiger partial charge in [0.25, 0.3) is 0 Å². The summed E-state index contributed by atoms with van der Waals surface area (Å²) < 4.78 is 0. The molecule has 0 bridgehead atoms. The summed E-state index contributed by atoms with van der Waals surface area (Å²) in [7, 11) is 1.83. The van der Waals surface area contributed by atoms with Crippen molar-refractivity contribution in [1.29, 1.82) is 0 Å². The second kappa shape index (κ2) is 5.37. The van der Waals surface area contributed by atoms with Crippen molar-refractivity contribution in [2.24, 2.45) is 0 Å². The number of hydrogen-bond acceptors (Lipinski definition) is 2. The van der Waals surface area contributed by atoms with E-state index >= 15 is 0 Å². The molecule has 0 aromatic carbocycles. The summed E-state index contributed by atoms with van der Waals surface area (Å²) in [6, 6.07) is 0. The van der Waals surface area contributed by atoms with Crippen LogP contribution in [0.2, 0.25) is 0 Å². The Balaban J connectivity index is 2.83. The fourth-order valence-electron chi connectivity index (χ4n) is 0.460. The molecule has 0 aromatic rings. The minimum atomic E-state index is -0.953. The SMILES string of the molecule is CNCCCNC(=O)O. The fourth-order valence-corrected chi connectivity index (χ4v) is 0.460. The summed E-state index contributed by atoms with van der Waals surface area (Å²) in [5.74, 6) is 0. The van der Waals surface area contributed by atoms with Crippen LogP contribution in [0, 0.1) is 0 Å². The van der Waals surface area contributed by atoms with Crippen molar-refractivity contribution in [3.8, 4) is 0 Å². The van der Waals surface area contributed by atoms with Crippen LogP contribution in [0.1, 0.15) is 6.42 Å². The maximum absolute atomic E-state index is 9.83. The number of nitrogens with one attached hydrogen (secondary N) is 2. The van der Waals surface area contributed by atoms with Gasteiger partial charge in [-0.05, 0) is 20.0 Å². The largest absolute Gasteiger partial charge is 0.465 e. The van der Waals surface area contributed by atoms with E-state index in [1.807, 2.05) is 7.05 Å². The van der Waals surface area contributed by atoms with Gasteiger partial charge >= 0.3 is 6.09 Å². The average molecular weight is 132 g/mol. The summed E-state index contributed by atoms with van der Waals surface area (Å²) in [5.41, 5.74) is 0. The Kier molecular flexibility index (Phi) is 4.91. The zero-order valence-electron chi connectivity index (χ0n) is 5.48. The van der Waals surface area contributed by atoms with E-state index in [4.69, 9.17) is 5.11 Å². The quantitative estimate of drug-likeness (QED) is 0.467. The number of hydrogen-bond donors (Lipinski definition) is 3. The number of amides is 1. The molecule has 0 aliphatic rings. The first-order valence-corrected chi connectivity index (χ1v) is 2.88. The molecule has 0 radical (unpaired) electrons. The molecular weight excluding hydrogens is 120 g/mol. The summed E-state index contributed by atoms with van der Waals surface area (Å²) in [6.45, 7) is 1.37. The molecule has 4 heteroatoms. The van der Waals surface area contributed by atoms with E-state index in [0.717, 1.165) is 13.0 Å². The smallest absolute Gasteiger partial charge is 0.404 e. The van der Waals surface area contributed by atoms with Crippen molar-refractivity contribution < 1.29 is 9.90 Å². The van der Waals surface area contributed by atoms with Gasteiger partial charge in [-0.1, -0.05) is 0 Å². The van der Waals surface area contributed by atoms with E-state index in [0.29, 0.717) is 6.54 Å². The number of carboxylic acid groups (broad SMARTS) is 1. The highest BCUT2D eigenvalue weighted by Gasteiger charge is 1.90. The lowest BCUT2D eigenvalue weighted by Gasteiger charge is -1.98. The van der Waals surface area contributed by atoms with Gasteiger partial charge < -0.3 is 15.7 Å². The Morgan fingerprint density at radius 1 is 1.56 bits per heavy atom. The van der Waals surface area contributed by atoms with Crippen LogP contribution in [0.5, 0.6) is 0 Å². The Morgan fingerprint density at radius 2 is 2.22 bits per heavy atom. The van der Waals surface area contributed by atoms with Gasteiger partial charge in [-0.3, -0.25) is 0 Å². The van der Waals surface area contributed by atoms with Crippen LogP contribution in [0.25, 0.3) is 0 Å². The predicted octanol–water partition coefficient (Wildman–Crippen LogP) is -0.137. The van der Waals surface area contributed by atoms with Crippen molar-refractivity contribution >= 4 is 6.09 Å². The van der Waals surface area contributed by atoms with Crippen LogP contribution in [-0.2, 0) is 0 Å². The molecule has 9 heavy (non-hydrogen) atoms. The normalized spacial score (nSPS) is 9.00. The van der Waals surface area contributed by atoms with Crippen LogP contribution in [0.15, 0.2) is 0 Å². The number of carbonyl (C=O) groups is 1. The Bertz CT molecular complexity index is 85.0. The summed E-state index contributed by atoms with van der Waals surface area (Å²) in [6.07, 6.45) is -0.117. The first kappa shape index (κ1) is 8.23. The number of rotatable bonds is 4. The molecule has 0 unspecified atom stereocenters. The van der Waals surface area contributed by atoms with E-state index in [2.05, 4.69) is 10.6 Å². The Hall–Kier alpha value is -0.770. The van der Waals surface area contributed by atoms with Gasteiger partial charge in [0.2, 0.25) is 0 Å². The third-order valence-electron chi connectivity index (χ3n) is 0.880. The summed E-state index contributed by atoms with van der Waals surface area (Å²) >= 11 is 0. The molecule has 0 fully saturated rings. The van der Waals surface area contributed by atoms with E-state index in [1.165, 1.54) is 0 Å². The standard InChI is InChI=1S/C5H12N2O2/c1-6-3-2-4-7-5(8)9/h6-7H,2-4H2,1H3,(H,8,9). The van der Waals surface area contributed by atoms with Gasteiger partial charge in [0.15, 0.2) is 0 Å². The van der Waals surface area contributed by atoms with E-state index in [1.54, 1.807) is 0 Å². The monoisotopic (exact) mass is 132 g/mol. The van der Waals surface area contributed by atoms with Crippen LogP contribution in [-0.4, -0.2) is 31.3 Å². The fraction of sp³-hybridized carbons (Fsp3) is 0.800.